The summed E-state index contributed by atoms with van der Waals surface area (Å²) in [6, 6.07) is 18.6. The van der Waals surface area contributed by atoms with Crippen molar-refractivity contribution in [2.75, 3.05) is 32.1 Å². The van der Waals surface area contributed by atoms with E-state index in [0.29, 0.717) is 12.3 Å². The highest BCUT2D eigenvalue weighted by Gasteiger charge is 2.12. The number of rotatable bonds is 8. The van der Waals surface area contributed by atoms with Crippen LogP contribution in [-0.2, 0) is 29.7 Å². The maximum atomic E-state index is 12.3. The molecule has 1 aliphatic rings. The lowest BCUT2D eigenvalue weighted by Gasteiger charge is -2.26. The molecule has 0 radical (unpaired) electrons. The van der Waals surface area contributed by atoms with Gasteiger partial charge in [0.1, 0.15) is 0 Å². The first kappa shape index (κ1) is 21.6. The van der Waals surface area contributed by atoms with E-state index in [1.165, 1.54) is 17.3 Å². The number of nitrogens with zero attached hydrogens (tertiary/aromatic N) is 3. The Kier molecular flexibility index (Phi) is 7.40. The third-order valence-corrected chi connectivity index (χ3v) is 6.41. The van der Waals surface area contributed by atoms with Crippen molar-refractivity contribution in [3.8, 4) is 11.3 Å². The molecule has 3 aromatic rings. The molecule has 4 rings (SSSR count). The number of aromatic nitrogens is 2. The number of ether oxygens (including phenoxy) is 1. The van der Waals surface area contributed by atoms with Gasteiger partial charge in [-0.15, -0.1) is 0 Å². The summed E-state index contributed by atoms with van der Waals surface area (Å²) in [6.45, 7) is 5.08. The molecular formula is C24H28N4O2S. The molecule has 2 heterocycles. The average Bonchev–Trinajstić information content (AvgIpc) is 3.18. The second-order valence-corrected chi connectivity index (χ2v) is 8.56. The van der Waals surface area contributed by atoms with Gasteiger partial charge in [0.2, 0.25) is 5.91 Å². The summed E-state index contributed by atoms with van der Waals surface area (Å²) in [6.07, 6.45) is 1.86. The van der Waals surface area contributed by atoms with Crippen LogP contribution in [0.5, 0.6) is 0 Å². The predicted octanol–water partition coefficient (Wildman–Crippen LogP) is 3.33. The fourth-order valence-corrected chi connectivity index (χ4v) is 4.35. The van der Waals surface area contributed by atoms with E-state index in [1.54, 1.807) is 0 Å². The third-order valence-electron chi connectivity index (χ3n) is 5.37. The molecule has 0 spiro atoms. The Hall–Kier alpha value is -2.61. The molecule has 1 aliphatic heterocycles. The van der Waals surface area contributed by atoms with Gasteiger partial charge in [-0.05, 0) is 16.7 Å². The molecular weight excluding hydrogens is 408 g/mol. The molecule has 0 aliphatic carbocycles. The van der Waals surface area contributed by atoms with E-state index in [2.05, 4.69) is 51.6 Å². The van der Waals surface area contributed by atoms with E-state index in [4.69, 9.17) is 4.74 Å². The molecule has 1 amide bonds. The minimum Gasteiger partial charge on any atom is -0.379 e. The summed E-state index contributed by atoms with van der Waals surface area (Å²) in [5, 5.41) is 3.84. The van der Waals surface area contributed by atoms with Crippen LogP contribution in [0.25, 0.3) is 11.3 Å². The van der Waals surface area contributed by atoms with E-state index < -0.39 is 0 Å². The first-order chi connectivity index (χ1) is 15.2. The predicted molar refractivity (Wildman–Crippen MR) is 124 cm³/mol. The monoisotopic (exact) mass is 436 g/mol. The van der Waals surface area contributed by atoms with Gasteiger partial charge in [0.25, 0.3) is 0 Å². The van der Waals surface area contributed by atoms with Crippen LogP contribution in [0, 0.1) is 0 Å². The van der Waals surface area contributed by atoms with Gasteiger partial charge in [-0.2, -0.15) is 0 Å². The number of hydrogen-bond donors (Lipinski definition) is 1. The van der Waals surface area contributed by atoms with Gasteiger partial charge in [0.05, 0.1) is 30.9 Å². The number of hydrogen-bond acceptors (Lipinski definition) is 5. The average molecular weight is 437 g/mol. The highest BCUT2D eigenvalue weighted by molar-refractivity contribution is 7.99. The summed E-state index contributed by atoms with van der Waals surface area (Å²) in [7, 11) is 1.98. The zero-order valence-corrected chi connectivity index (χ0v) is 18.6. The van der Waals surface area contributed by atoms with Crippen molar-refractivity contribution >= 4 is 17.7 Å². The Morgan fingerprint density at radius 2 is 1.77 bits per heavy atom. The highest BCUT2D eigenvalue weighted by atomic mass is 32.2. The molecule has 1 saturated heterocycles. The largest absolute Gasteiger partial charge is 0.379 e. The molecule has 0 atom stereocenters. The van der Waals surface area contributed by atoms with Gasteiger partial charge in [0.15, 0.2) is 5.16 Å². The standard InChI is InChI=1S/C24H28N4O2S/c1-27-22(21-5-3-2-4-6-21)16-26-24(27)31-18-23(29)25-15-19-7-9-20(10-8-19)17-28-11-13-30-14-12-28/h2-10,16H,11-15,17-18H2,1H3,(H,25,29). The quantitative estimate of drug-likeness (QED) is 0.549. The van der Waals surface area contributed by atoms with Crippen molar-refractivity contribution < 1.29 is 9.53 Å². The normalized spacial score (nSPS) is 14.5. The lowest BCUT2D eigenvalue weighted by Crippen LogP contribution is -2.35. The van der Waals surface area contributed by atoms with E-state index in [0.717, 1.165) is 54.8 Å². The van der Waals surface area contributed by atoms with Crippen LogP contribution >= 0.6 is 11.8 Å². The van der Waals surface area contributed by atoms with Crippen molar-refractivity contribution in [1.29, 1.82) is 0 Å². The zero-order chi connectivity index (χ0) is 21.5. The first-order valence-corrected chi connectivity index (χ1v) is 11.5. The summed E-state index contributed by atoms with van der Waals surface area (Å²) < 4.78 is 7.43. The van der Waals surface area contributed by atoms with Gasteiger partial charge in [-0.3, -0.25) is 9.69 Å². The Balaban J connectivity index is 1.23. The third kappa shape index (κ3) is 5.97. The Bertz CT molecular complexity index is 983. The van der Waals surface area contributed by atoms with Crippen molar-refractivity contribution in [1.82, 2.24) is 19.8 Å². The van der Waals surface area contributed by atoms with E-state index >= 15 is 0 Å². The highest BCUT2D eigenvalue weighted by Crippen LogP contribution is 2.24. The van der Waals surface area contributed by atoms with Crippen molar-refractivity contribution in [2.24, 2.45) is 7.05 Å². The van der Waals surface area contributed by atoms with E-state index in [1.807, 2.05) is 36.0 Å². The molecule has 1 fully saturated rings. The molecule has 7 heteroatoms. The number of morpholine rings is 1. The molecule has 0 unspecified atom stereocenters. The van der Waals surface area contributed by atoms with Crippen LogP contribution in [0.2, 0.25) is 0 Å². The van der Waals surface area contributed by atoms with Gasteiger partial charge < -0.3 is 14.6 Å². The fourth-order valence-electron chi connectivity index (χ4n) is 3.57. The molecule has 31 heavy (non-hydrogen) atoms. The van der Waals surface area contributed by atoms with Crippen LogP contribution in [0.15, 0.2) is 66.0 Å². The van der Waals surface area contributed by atoms with Crippen molar-refractivity contribution in [3.63, 3.8) is 0 Å². The zero-order valence-electron chi connectivity index (χ0n) is 17.8. The molecule has 2 aromatic carbocycles. The number of carbonyl (C=O) groups excluding carboxylic acids is 1. The fraction of sp³-hybridized carbons (Fsp3) is 0.333. The number of carbonyl (C=O) groups is 1. The van der Waals surface area contributed by atoms with Gasteiger partial charge in [0, 0.05) is 33.2 Å². The van der Waals surface area contributed by atoms with Crippen LogP contribution in [-0.4, -0.2) is 52.4 Å². The van der Waals surface area contributed by atoms with Gasteiger partial charge in [-0.25, -0.2) is 4.98 Å². The smallest absolute Gasteiger partial charge is 0.230 e. The topological polar surface area (TPSA) is 59.4 Å². The lowest BCUT2D eigenvalue weighted by atomic mass is 10.1. The van der Waals surface area contributed by atoms with Gasteiger partial charge in [-0.1, -0.05) is 66.4 Å². The molecule has 0 bridgehead atoms. The minimum absolute atomic E-state index is 0.00616. The lowest BCUT2D eigenvalue weighted by molar-refractivity contribution is -0.118. The summed E-state index contributed by atoms with van der Waals surface area (Å²) in [4.78, 5) is 19.2. The van der Waals surface area contributed by atoms with Crippen molar-refractivity contribution in [3.05, 3.63) is 71.9 Å². The Morgan fingerprint density at radius 3 is 2.52 bits per heavy atom. The molecule has 1 aromatic heterocycles. The van der Waals surface area contributed by atoms with E-state index in [9.17, 15) is 4.79 Å². The van der Waals surface area contributed by atoms with Crippen LogP contribution < -0.4 is 5.32 Å². The summed E-state index contributed by atoms with van der Waals surface area (Å²) >= 11 is 1.45. The maximum absolute atomic E-state index is 12.3. The first-order valence-electron chi connectivity index (χ1n) is 10.5. The summed E-state index contributed by atoms with van der Waals surface area (Å²) in [5.74, 6) is 0.348. The molecule has 1 N–H and O–H groups in total. The SMILES string of the molecule is Cn1c(-c2ccccc2)cnc1SCC(=O)NCc1ccc(CN2CCOCC2)cc1. The number of imidazole rings is 1. The second kappa shape index (κ2) is 10.6. The summed E-state index contributed by atoms with van der Waals surface area (Å²) in [5.41, 5.74) is 4.55. The molecule has 0 saturated carbocycles. The second-order valence-electron chi connectivity index (χ2n) is 7.62. The number of amides is 1. The number of nitrogens with one attached hydrogen (secondary N) is 1. The molecule has 162 valence electrons. The Labute approximate surface area is 187 Å². The minimum atomic E-state index is 0.00616. The molecule has 6 nitrogen and oxygen atoms in total. The van der Waals surface area contributed by atoms with Crippen LogP contribution in [0.4, 0.5) is 0 Å². The van der Waals surface area contributed by atoms with Crippen LogP contribution in [0.3, 0.4) is 0 Å². The van der Waals surface area contributed by atoms with Crippen LogP contribution in [0.1, 0.15) is 11.1 Å². The van der Waals surface area contributed by atoms with E-state index in [-0.39, 0.29) is 5.91 Å². The Morgan fingerprint density at radius 1 is 1.06 bits per heavy atom. The number of benzene rings is 2. The van der Waals surface area contributed by atoms with Crippen molar-refractivity contribution in [2.45, 2.75) is 18.2 Å². The van der Waals surface area contributed by atoms with Gasteiger partial charge >= 0.3 is 0 Å². The maximum Gasteiger partial charge on any atom is 0.230 e. The number of thioether (sulfide) groups is 1.